The molecule has 0 radical (unpaired) electrons. The van der Waals surface area contributed by atoms with Gasteiger partial charge in [-0.25, -0.2) is 17.2 Å². The van der Waals surface area contributed by atoms with Crippen LogP contribution in [-0.2, 0) is 20.6 Å². The van der Waals surface area contributed by atoms with E-state index >= 15 is 0 Å². The van der Waals surface area contributed by atoms with Gasteiger partial charge in [0.25, 0.3) is 10.0 Å². The molecular formula is C24H24F2N2O3S2. The minimum atomic E-state index is -4.18. The van der Waals surface area contributed by atoms with Crippen LogP contribution < -0.4 is 9.62 Å². The Balaban J connectivity index is 1.64. The number of halogens is 2. The first-order chi connectivity index (χ1) is 15.8. The van der Waals surface area contributed by atoms with Gasteiger partial charge in [-0.15, -0.1) is 0 Å². The third-order valence-electron chi connectivity index (χ3n) is 4.89. The maximum atomic E-state index is 13.4. The third-order valence-corrected chi connectivity index (χ3v) is 7.69. The molecule has 33 heavy (non-hydrogen) atoms. The number of amides is 1. The van der Waals surface area contributed by atoms with E-state index in [9.17, 15) is 22.0 Å². The number of nitrogens with zero attached hydrogens (tertiary/aromatic N) is 1. The SMILES string of the molecule is Cc1ccccc1CSCCNC(=O)CN(c1ccc(F)cc1)S(=O)(=O)c1ccc(F)cc1. The van der Waals surface area contributed by atoms with Gasteiger partial charge in [-0.2, -0.15) is 11.8 Å². The third kappa shape index (κ3) is 6.79. The second-order valence-electron chi connectivity index (χ2n) is 7.27. The monoisotopic (exact) mass is 490 g/mol. The van der Waals surface area contributed by atoms with E-state index in [1.807, 2.05) is 25.1 Å². The molecule has 0 unspecified atom stereocenters. The highest BCUT2D eigenvalue weighted by atomic mass is 32.2. The molecule has 0 fully saturated rings. The number of nitrogens with one attached hydrogen (secondary N) is 1. The van der Waals surface area contributed by atoms with Crippen LogP contribution in [0.15, 0.2) is 77.7 Å². The smallest absolute Gasteiger partial charge is 0.264 e. The molecule has 0 saturated carbocycles. The largest absolute Gasteiger partial charge is 0.354 e. The molecule has 3 aromatic rings. The first-order valence-electron chi connectivity index (χ1n) is 10.2. The van der Waals surface area contributed by atoms with Crippen LogP contribution in [0.25, 0.3) is 0 Å². The fraction of sp³-hybridized carbons (Fsp3) is 0.208. The Hall–Kier alpha value is -2.91. The summed E-state index contributed by atoms with van der Waals surface area (Å²) in [7, 11) is -4.18. The predicted molar refractivity (Wildman–Crippen MR) is 128 cm³/mol. The Bertz CT molecular complexity index is 1190. The van der Waals surface area contributed by atoms with Crippen LogP contribution in [0.1, 0.15) is 11.1 Å². The van der Waals surface area contributed by atoms with E-state index in [0.717, 1.165) is 46.5 Å². The highest BCUT2D eigenvalue weighted by Crippen LogP contribution is 2.24. The lowest BCUT2D eigenvalue weighted by Gasteiger charge is -2.24. The molecule has 174 valence electrons. The normalized spacial score (nSPS) is 11.2. The van der Waals surface area contributed by atoms with E-state index in [1.165, 1.54) is 23.3 Å². The molecule has 0 aliphatic rings. The maximum absolute atomic E-state index is 13.4. The summed E-state index contributed by atoms with van der Waals surface area (Å²) >= 11 is 1.66. The van der Waals surface area contributed by atoms with Crippen LogP contribution in [0.5, 0.6) is 0 Å². The summed E-state index contributed by atoms with van der Waals surface area (Å²) in [4.78, 5) is 12.4. The van der Waals surface area contributed by atoms with Gasteiger partial charge in [0, 0.05) is 18.1 Å². The molecule has 0 saturated heterocycles. The van der Waals surface area contributed by atoms with Gasteiger partial charge in [0.2, 0.25) is 5.91 Å². The molecule has 5 nitrogen and oxygen atoms in total. The average Bonchev–Trinajstić information content (AvgIpc) is 2.79. The second kappa shape index (κ2) is 11.3. The lowest BCUT2D eigenvalue weighted by Crippen LogP contribution is -2.41. The number of carbonyl (C=O) groups is 1. The lowest BCUT2D eigenvalue weighted by molar-refractivity contribution is -0.119. The summed E-state index contributed by atoms with van der Waals surface area (Å²) in [6.07, 6.45) is 0. The van der Waals surface area contributed by atoms with Gasteiger partial charge in [0.05, 0.1) is 10.6 Å². The quantitative estimate of drug-likeness (QED) is 0.425. The maximum Gasteiger partial charge on any atom is 0.264 e. The highest BCUT2D eigenvalue weighted by Gasteiger charge is 2.27. The number of aryl methyl sites for hydroxylation is 1. The Morgan fingerprint density at radius 3 is 2.18 bits per heavy atom. The number of thioether (sulfide) groups is 1. The fourth-order valence-electron chi connectivity index (χ4n) is 3.06. The van der Waals surface area contributed by atoms with Crippen molar-refractivity contribution in [3.63, 3.8) is 0 Å². The van der Waals surface area contributed by atoms with Gasteiger partial charge in [0.15, 0.2) is 0 Å². The van der Waals surface area contributed by atoms with Gasteiger partial charge in [-0.3, -0.25) is 9.10 Å². The number of carbonyl (C=O) groups excluding carboxylic acids is 1. The zero-order chi connectivity index (χ0) is 23.8. The Kier molecular flexibility index (Phi) is 8.46. The minimum Gasteiger partial charge on any atom is -0.354 e. The molecule has 0 heterocycles. The molecule has 3 aromatic carbocycles. The summed E-state index contributed by atoms with van der Waals surface area (Å²) in [5.41, 5.74) is 2.56. The van der Waals surface area contributed by atoms with Crippen LogP contribution in [0.2, 0.25) is 0 Å². The first kappa shape index (κ1) is 24.7. The number of sulfonamides is 1. The van der Waals surface area contributed by atoms with E-state index in [4.69, 9.17) is 0 Å². The number of hydrogen-bond donors (Lipinski definition) is 1. The summed E-state index contributed by atoms with van der Waals surface area (Å²) in [5, 5.41) is 2.73. The molecule has 1 amide bonds. The molecular weight excluding hydrogens is 466 g/mol. The minimum absolute atomic E-state index is 0.129. The van der Waals surface area contributed by atoms with Crippen LogP contribution in [0.4, 0.5) is 14.5 Å². The zero-order valence-electron chi connectivity index (χ0n) is 18.0. The molecule has 0 atom stereocenters. The van der Waals surface area contributed by atoms with Gasteiger partial charge < -0.3 is 5.32 Å². The van der Waals surface area contributed by atoms with Crippen LogP contribution in [-0.4, -0.2) is 33.2 Å². The van der Waals surface area contributed by atoms with Crippen LogP contribution >= 0.6 is 11.8 Å². The number of anilines is 1. The van der Waals surface area contributed by atoms with Crippen molar-refractivity contribution in [3.05, 3.63) is 95.6 Å². The van der Waals surface area contributed by atoms with E-state index in [2.05, 4.69) is 11.4 Å². The number of hydrogen-bond acceptors (Lipinski definition) is 4. The summed E-state index contributed by atoms with van der Waals surface area (Å²) in [6.45, 7) is 1.92. The molecule has 0 bridgehead atoms. The van der Waals surface area contributed by atoms with Crippen LogP contribution in [0, 0.1) is 18.6 Å². The Morgan fingerprint density at radius 2 is 1.55 bits per heavy atom. The van der Waals surface area contributed by atoms with Crippen molar-refractivity contribution in [2.45, 2.75) is 17.6 Å². The van der Waals surface area contributed by atoms with Crippen molar-refractivity contribution in [1.82, 2.24) is 5.32 Å². The fourth-order valence-corrected chi connectivity index (χ4v) is 5.41. The molecule has 0 aliphatic heterocycles. The molecule has 0 aromatic heterocycles. The van der Waals surface area contributed by atoms with E-state index < -0.39 is 34.1 Å². The van der Waals surface area contributed by atoms with Crippen LogP contribution in [0.3, 0.4) is 0 Å². The standard InChI is InChI=1S/C24H24F2N2O3S2/c1-18-4-2-3-5-19(18)17-32-15-14-27-24(29)16-28(22-10-6-20(25)7-11-22)33(30,31)23-12-8-21(26)9-13-23/h2-13H,14-17H2,1H3,(H,27,29). The first-order valence-corrected chi connectivity index (χ1v) is 12.8. The molecule has 0 aliphatic carbocycles. The van der Waals surface area contributed by atoms with Crippen molar-refractivity contribution in [1.29, 1.82) is 0 Å². The Labute approximate surface area is 196 Å². The van der Waals surface area contributed by atoms with Crippen molar-refractivity contribution in [3.8, 4) is 0 Å². The van der Waals surface area contributed by atoms with Crippen molar-refractivity contribution in [2.75, 3.05) is 23.1 Å². The van der Waals surface area contributed by atoms with E-state index in [0.29, 0.717) is 12.3 Å². The second-order valence-corrected chi connectivity index (χ2v) is 10.2. The van der Waals surface area contributed by atoms with Gasteiger partial charge in [-0.1, -0.05) is 24.3 Å². The van der Waals surface area contributed by atoms with Crippen molar-refractivity contribution < 1.29 is 22.0 Å². The summed E-state index contributed by atoms with van der Waals surface area (Å²) < 4.78 is 53.8. The summed E-state index contributed by atoms with van der Waals surface area (Å²) in [5.74, 6) is -0.150. The van der Waals surface area contributed by atoms with Gasteiger partial charge >= 0.3 is 0 Å². The molecule has 1 N–H and O–H groups in total. The van der Waals surface area contributed by atoms with Crippen molar-refractivity contribution >= 4 is 33.4 Å². The van der Waals surface area contributed by atoms with Crippen molar-refractivity contribution in [2.24, 2.45) is 0 Å². The lowest BCUT2D eigenvalue weighted by atomic mass is 10.1. The van der Waals surface area contributed by atoms with Gasteiger partial charge in [0.1, 0.15) is 18.2 Å². The molecule has 9 heteroatoms. The molecule has 3 rings (SSSR count). The van der Waals surface area contributed by atoms with E-state index in [1.54, 1.807) is 11.8 Å². The topological polar surface area (TPSA) is 66.5 Å². The zero-order valence-corrected chi connectivity index (χ0v) is 19.6. The van der Waals surface area contributed by atoms with Gasteiger partial charge in [-0.05, 0) is 66.6 Å². The number of rotatable bonds is 10. The predicted octanol–water partition coefficient (Wildman–Crippen LogP) is 4.52. The number of benzene rings is 3. The average molecular weight is 491 g/mol. The van der Waals surface area contributed by atoms with E-state index in [-0.39, 0.29) is 10.6 Å². The summed E-state index contributed by atoms with van der Waals surface area (Å²) in [6, 6.07) is 17.2. The highest BCUT2D eigenvalue weighted by molar-refractivity contribution is 7.98. The Morgan fingerprint density at radius 1 is 0.939 bits per heavy atom. The molecule has 0 spiro atoms.